The average Bonchev–Trinajstić information content (AvgIpc) is 2.88. The number of amides is 1. The normalized spacial score (nSPS) is 10.2. The summed E-state index contributed by atoms with van der Waals surface area (Å²) in [5.41, 5.74) is 0.0342. The summed E-state index contributed by atoms with van der Waals surface area (Å²) in [6, 6.07) is 2.92. The molecule has 1 amide bonds. The molecule has 0 radical (unpaired) electrons. The molecule has 0 spiro atoms. The van der Waals surface area contributed by atoms with E-state index in [-0.39, 0.29) is 17.3 Å². The highest BCUT2D eigenvalue weighted by Crippen LogP contribution is 2.25. The van der Waals surface area contributed by atoms with E-state index in [9.17, 15) is 14.9 Å². The van der Waals surface area contributed by atoms with Crippen molar-refractivity contribution in [1.82, 2.24) is 20.5 Å². The third-order valence-corrected chi connectivity index (χ3v) is 2.58. The molecule has 2 heterocycles. The van der Waals surface area contributed by atoms with Crippen LogP contribution in [-0.2, 0) is 6.54 Å². The molecule has 0 aromatic carbocycles. The van der Waals surface area contributed by atoms with Gasteiger partial charge in [-0.3, -0.25) is 20.0 Å². The van der Waals surface area contributed by atoms with Crippen LogP contribution < -0.4 is 5.32 Å². The van der Waals surface area contributed by atoms with Gasteiger partial charge in [0, 0.05) is 12.4 Å². The quantitative estimate of drug-likeness (QED) is 0.498. The zero-order valence-corrected chi connectivity index (χ0v) is 10.2. The van der Waals surface area contributed by atoms with Crippen LogP contribution in [-0.4, -0.2) is 26.0 Å². The zero-order chi connectivity index (χ0) is 13.8. The molecule has 0 aliphatic carbocycles. The maximum atomic E-state index is 11.9. The lowest BCUT2D eigenvalue weighted by atomic mass is 10.2. The first-order chi connectivity index (χ1) is 9.09. The molecule has 98 valence electrons. The standard InChI is InChI=1S/C10H8ClN5O3/c11-9-8(16(18)19)7(2-3-12-9)10(17)13-5-6-1-4-14-15-6/h1-4H,5H2,(H,13,17)(H,14,15). The summed E-state index contributed by atoms with van der Waals surface area (Å²) in [4.78, 5) is 25.6. The summed E-state index contributed by atoms with van der Waals surface area (Å²) >= 11 is 5.62. The van der Waals surface area contributed by atoms with Crippen LogP contribution in [0.25, 0.3) is 0 Å². The molecule has 0 bridgehead atoms. The minimum absolute atomic E-state index is 0.135. The number of hydrogen-bond acceptors (Lipinski definition) is 5. The second kappa shape index (κ2) is 5.44. The van der Waals surface area contributed by atoms with Gasteiger partial charge in [0.25, 0.3) is 5.91 Å². The Labute approximate surface area is 112 Å². The van der Waals surface area contributed by atoms with Crippen LogP contribution in [0.2, 0.25) is 5.15 Å². The lowest BCUT2D eigenvalue weighted by Gasteiger charge is -2.04. The predicted molar refractivity (Wildman–Crippen MR) is 65.7 cm³/mol. The van der Waals surface area contributed by atoms with E-state index in [0.29, 0.717) is 5.69 Å². The molecule has 0 atom stereocenters. The Morgan fingerprint density at radius 2 is 2.26 bits per heavy atom. The highest BCUT2D eigenvalue weighted by atomic mass is 35.5. The Bertz CT molecular complexity index is 614. The first-order valence-electron chi connectivity index (χ1n) is 5.15. The molecule has 8 nitrogen and oxygen atoms in total. The predicted octanol–water partition coefficient (Wildman–Crippen LogP) is 1.30. The Morgan fingerprint density at radius 1 is 1.47 bits per heavy atom. The summed E-state index contributed by atoms with van der Waals surface area (Å²) in [5.74, 6) is -0.606. The van der Waals surface area contributed by atoms with Gasteiger partial charge in [-0.1, -0.05) is 11.6 Å². The number of carbonyl (C=O) groups is 1. The number of aromatic amines is 1. The molecule has 2 N–H and O–H groups in total. The second-order valence-corrected chi connectivity index (χ2v) is 3.88. The Hall–Kier alpha value is -2.48. The molecular formula is C10H8ClN5O3. The van der Waals surface area contributed by atoms with Gasteiger partial charge < -0.3 is 5.32 Å². The summed E-state index contributed by atoms with van der Waals surface area (Å²) < 4.78 is 0. The third-order valence-electron chi connectivity index (χ3n) is 2.30. The highest BCUT2D eigenvalue weighted by molar-refractivity contribution is 6.32. The van der Waals surface area contributed by atoms with Gasteiger partial charge in [0.15, 0.2) is 0 Å². The number of aromatic nitrogens is 3. The molecule has 9 heteroatoms. The average molecular weight is 282 g/mol. The van der Waals surface area contributed by atoms with E-state index in [2.05, 4.69) is 20.5 Å². The van der Waals surface area contributed by atoms with Crippen molar-refractivity contribution in [3.63, 3.8) is 0 Å². The van der Waals surface area contributed by atoms with Crippen molar-refractivity contribution < 1.29 is 9.72 Å². The number of nitro groups is 1. The Kier molecular flexibility index (Phi) is 3.71. The highest BCUT2D eigenvalue weighted by Gasteiger charge is 2.24. The monoisotopic (exact) mass is 281 g/mol. The minimum atomic E-state index is -0.736. The third kappa shape index (κ3) is 2.86. The van der Waals surface area contributed by atoms with Crippen molar-refractivity contribution in [3.05, 3.63) is 51.1 Å². The van der Waals surface area contributed by atoms with Gasteiger partial charge in [0.05, 0.1) is 17.2 Å². The van der Waals surface area contributed by atoms with E-state index in [4.69, 9.17) is 11.6 Å². The number of halogens is 1. The van der Waals surface area contributed by atoms with Crippen LogP contribution in [0.15, 0.2) is 24.5 Å². The molecule has 0 saturated carbocycles. The van der Waals surface area contributed by atoms with Crippen molar-refractivity contribution in [2.75, 3.05) is 0 Å². The molecule has 0 unspecified atom stereocenters. The fraction of sp³-hybridized carbons (Fsp3) is 0.100. The first-order valence-corrected chi connectivity index (χ1v) is 5.52. The Morgan fingerprint density at radius 3 is 2.89 bits per heavy atom. The number of pyridine rings is 1. The van der Waals surface area contributed by atoms with Gasteiger partial charge in [-0.25, -0.2) is 4.98 Å². The molecule has 0 aliphatic rings. The molecule has 0 fully saturated rings. The lowest BCUT2D eigenvalue weighted by Crippen LogP contribution is -2.24. The molecule has 0 saturated heterocycles. The van der Waals surface area contributed by atoms with E-state index < -0.39 is 16.5 Å². The summed E-state index contributed by atoms with van der Waals surface area (Å²) in [6.07, 6.45) is 2.77. The van der Waals surface area contributed by atoms with Gasteiger partial charge in [-0.15, -0.1) is 0 Å². The summed E-state index contributed by atoms with van der Waals surface area (Å²) in [6.45, 7) is 0.177. The molecule has 19 heavy (non-hydrogen) atoms. The van der Waals surface area contributed by atoms with Crippen LogP contribution in [0.3, 0.4) is 0 Å². The van der Waals surface area contributed by atoms with Gasteiger partial charge in [0.1, 0.15) is 5.56 Å². The number of carbonyl (C=O) groups excluding carboxylic acids is 1. The van der Waals surface area contributed by atoms with E-state index in [1.54, 1.807) is 6.07 Å². The number of H-pyrrole nitrogens is 1. The molecular weight excluding hydrogens is 274 g/mol. The molecule has 2 aromatic heterocycles. The Balaban J connectivity index is 2.19. The fourth-order valence-corrected chi connectivity index (χ4v) is 1.67. The maximum Gasteiger partial charge on any atom is 0.319 e. The van der Waals surface area contributed by atoms with Crippen molar-refractivity contribution in [1.29, 1.82) is 0 Å². The van der Waals surface area contributed by atoms with Gasteiger partial charge >= 0.3 is 5.69 Å². The van der Waals surface area contributed by atoms with Crippen molar-refractivity contribution in [3.8, 4) is 0 Å². The number of nitrogens with zero attached hydrogens (tertiary/aromatic N) is 3. The summed E-state index contributed by atoms with van der Waals surface area (Å²) in [5, 5.41) is 19.4. The lowest BCUT2D eigenvalue weighted by molar-refractivity contribution is -0.385. The minimum Gasteiger partial charge on any atom is -0.346 e. The van der Waals surface area contributed by atoms with Crippen LogP contribution in [0.1, 0.15) is 16.1 Å². The topological polar surface area (TPSA) is 114 Å². The van der Waals surface area contributed by atoms with Crippen LogP contribution in [0.5, 0.6) is 0 Å². The van der Waals surface area contributed by atoms with E-state index >= 15 is 0 Å². The smallest absolute Gasteiger partial charge is 0.319 e. The van der Waals surface area contributed by atoms with E-state index in [0.717, 1.165) is 0 Å². The maximum absolute atomic E-state index is 11.9. The SMILES string of the molecule is O=C(NCc1ccn[nH]1)c1ccnc(Cl)c1[N+](=O)[O-]. The summed E-state index contributed by atoms with van der Waals surface area (Å²) in [7, 11) is 0. The fourth-order valence-electron chi connectivity index (χ4n) is 1.44. The van der Waals surface area contributed by atoms with Gasteiger partial charge in [-0.05, 0) is 12.1 Å². The van der Waals surface area contributed by atoms with E-state index in [1.165, 1.54) is 18.5 Å². The first kappa shape index (κ1) is 13.0. The molecule has 0 aliphatic heterocycles. The van der Waals surface area contributed by atoms with Crippen LogP contribution >= 0.6 is 11.6 Å². The number of rotatable bonds is 4. The van der Waals surface area contributed by atoms with Crippen molar-refractivity contribution in [2.45, 2.75) is 6.54 Å². The largest absolute Gasteiger partial charge is 0.346 e. The zero-order valence-electron chi connectivity index (χ0n) is 9.46. The van der Waals surface area contributed by atoms with Gasteiger partial charge in [-0.2, -0.15) is 5.10 Å². The van der Waals surface area contributed by atoms with Crippen LogP contribution in [0, 0.1) is 10.1 Å². The van der Waals surface area contributed by atoms with Gasteiger partial charge in [0.2, 0.25) is 5.15 Å². The molecule has 2 rings (SSSR count). The molecule has 2 aromatic rings. The van der Waals surface area contributed by atoms with Crippen LogP contribution in [0.4, 0.5) is 5.69 Å². The second-order valence-electron chi connectivity index (χ2n) is 3.52. The number of hydrogen-bond donors (Lipinski definition) is 2. The van der Waals surface area contributed by atoms with Crippen molar-refractivity contribution >= 4 is 23.2 Å². The van der Waals surface area contributed by atoms with Crippen molar-refractivity contribution in [2.24, 2.45) is 0 Å². The number of nitrogens with one attached hydrogen (secondary N) is 2. The van der Waals surface area contributed by atoms with E-state index in [1.807, 2.05) is 0 Å².